The lowest BCUT2D eigenvalue weighted by Gasteiger charge is -2.19. The van der Waals surface area contributed by atoms with Gasteiger partial charge in [0.15, 0.2) is 0 Å². The number of nitrogens with zero attached hydrogens (tertiary/aromatic N) is 3. The van der Waals surface area contributed by atoms with Gasteiger partial charge in [0.2, 0.25) is 0 Å². The van der Waals surface area contributed by atoms with E-state index in [0.717, 1.165) is 16.3 Å². The van der Waals surface area contributed by atoms with E-state index >= 15 is 0 Å². The minimum absolute atomic E-state index is 0.585. The van der Waals surface area contributed by atoms with Gasteiger partial charge in [0, 0.05) is 24.3 Å². The van der Waals surface area contributed by atoms with Gasteiger partial charge in [-0.05, 0) is 36.8 Å². The Morgan fingerprint density at radius 1 is 1.21 bits per heavy atom. The molecule has 0 N–H and O–H groups in total. The first kappa shape index (κ1) is 13.4. The van der Waals surface area contributed by atoms with Gasteiger partial charge in [-0.3, -0.25) is 0 Å². The Labute approximate surface area is 118 Å². The van der Waals surface area contributed by atoms with Crippen LogP contribution < -0.4 is 4.90 Å². The minimum Gasteiger partial charge on any atom is -0.354 e. The molecule has 0 amide bonds. The molecule has 3 nitrogen and oxygen atoms in total. The maximum Gasteiger partial charge on any atom is 0.146 e. The SMILES string of the molecule is Cc1ccc(C#N)c(N(C)Cc2ccc(Cl)cc2)n1. The lowest BCUT2D eigenvalue weighted by molar-refractivity contribution is 0.889. The van der Waals surface area contributed by atoms with Gasteiger partial charge < -0.3 is 4.90 Å². The zero-order chi connectivity index (χ0) is 13.8. The molecule has 2 aromatic rings. The Balaban J connectivity index is 2.25. The molecule has 0 atom stereocenters. The molecular formula is C15H14ClN3. The summed E-state index contributed by atoms with van der Waals surface area (Å²) in [5, 5.41) is 9.85. The predicted molar refractivity (Wildman–Crippen MR) is 77.2 cm³/mol. The van der Waals surface area contributed by atoms with Crippen LogP contribution in [0.2, 0.25) is 5.02 Å². The molecule has 0 aliphatic rings. The molecule has 0 aliphatic carbocycles. The molecular weight excluding hydrogens is 258 g/mol. The van der Waals surface area contributed by atoms with E-state index < -0.39 is 0 Å². The second kappa shape index (κ2) is 5.73. The van der Waals surface area contributed by atoms with Crippen molar-refractivity contribution in [2.45, 2.75) is 13.5 Å². The van der Waals surface area contributed by atoms with Crippen molar-refractivity contribution in [2.24, 2.45) is 0 Å². The van der Waals surface area contributed by atoms with Crippen LogP contribution in [0.5, 0.6) is 0 Å². The maximum absolute atomic E-state index is 9.13. The van der Waals surface area contributed by atoms with Crippen molar-refractivity contribution in [2.75, 3.05) is 11.9 Å². The highest BCUT2D eigenvalue weighted by Gasteiger charge is 2.09. The van der Waals surface area contributed by atoms with E-state index in [1.54, 1.807) is 6.07 Å². The fourth-order valence-electron chi connectivity index (χ4n) is 1.86. The van der Waals surface area contributed by atoms with E-state index in [1.807, 2.05) is 49.2 Å². The average molecular weight is 272 g/mol. The summed E-state index contributed by atoms with van der Waals surface area (Å²) in [6.07, 6.45) is 0. The van der Waals surface area contributed by atoms with E-state index in [0.29, 0.717) is 17.9 Å². The van der Waals surface area contributed by atoms with Crippen molar-refractivity contribution in [3.8, 4) is 6.07 Å². The third-order valence-corrected chi connectivity index (χ3v) is 3.08. The van der Waals surface area contributed by atoms with Gasteiger partial charge in [-0.25, -0.2) is 4.98 Å². The Kier molecular flexibility index (Phi) is 4.03. The van der Waals surface area contributed by atoms with Gasteiger partial charge >= 0.3 is 0 Å². The quantitative estimate of drug-likeness (QED) is 0.857. The monoisotopic (exact) mass is 271 g/mol. The largest absolute Gasteiger partial charge is 0.354 e. The van der Waals surface area contributed by atoms with Crippen molar-refractivity contribution in [3.05, 3.63) is 58.2 Å². The van der Waals surface area contributed by atoms with Crippen LogP contribution in [0.25, 0.3) is 0 Å². The molecule has 96 valence electrons. The average Bonchev–Trinajstić information content (AvgIpc) is 2.41. The van der Waals surface area contributed by atoms with Crippen molar-refractivity contribution in [1.82, 2.24) is 4.98 Å². The molecule has 1 aromatic carbocycles. The summed E-state index contributed by atoms with van der Waals surface area (Å²) in [4.78, 5) is 6.40. The lowest BCUT2D eigenvalue weighted by Crippen LogP contribution is -2.19. The summed E-state index contributed by atoms with van der Waals surface area (Å²) in [5.74, 6) is 0.706. The molecule has 0 radical (unpaired) electrons. The number of aromatic nitrogens is 1. The van der Waals surface area contributed by atoms with Crippen LogP contribution in [0.4, 0.5) is 5.82 Å². The predicted octanol–water partition coefficient (Wildman–Crippen LogP) is 3.55. The highest BCUT2D eigenvalue weighted by atomic mass is 35.5. The van der Waals surface area contributed by atoms with Crippen LogP contribution in [0.15, 0.2) is 36.4 Å². The number of hydrogen-bond donors (Lipinski definition) is 0. The third kappa shape index (κ3) is 3.24. The van der Waals surface area contributed by atoms with Crippen molar-refractivity contribution >= 4 is 17.4 Å². The Hall–Kier alpha value is -2.05. The van der Waals surface area contributed by atoms with E-state index in [2.05, 4.69) is 11.1 Å². The maximum atomic E-state index is 9.13. The summed E-state index contributed by atoms with van der Waals surface area (Å²) in [7, 11) is 1.93. The number of pyridine rings is 1. The minimum atomic E-state index is 0.585. The molecule has 4 heteroatoms. The Bertz CT molecular complexity index is 614. The normalized spacial score (nSPS) is 10.0. The smallest absolute Gasteiger partial charge is 0.146 e. The number of hydrogen-bond acceptors (Lipinski definition) is 3. The first-order valence-electron chi connectivity index (χ1n) is 5.93. The molecule has 1 aromatic heterocycles. The van der Waals surface area contributed by atoms with Crippen LogP contribution in [-0.2, 0) is 6.54 Å². The Morgan fingerprint density at radius 2 is 1.89 bits per heavy atom. The van der Waals surface area contributed by atoms with Gasteiger partial charge in [0.25, 0.3) is 0 Å². The number of aryl methyl sites for hydroxylation is 1. The van der Waals surface area contributed by atoms with E-state index in [-0.39, 0.29) is 0 Å². The molecule has 0 saturated heterocycles. The summed E-state index contributed by atoms with van der Waals surface area (Å²) < 4.78 is 0. The number of anilines is 1. The van der Waals surface area contributed by atoms with Crippen molar-refractivity contribution < 1.29 is 0 Å². The lowest BCUT2D eigenvalue weighted by atomic mass is 10.2. The number of halogens is 1. The van der Waals surface area contributed by atoms with Crippen LogP contribution >= 0.6 is 11.6 Å². The molecule has 0 aliphatic heterocycles. The molecule has 0 bridgehead atoms. The third-order valence-electron chi connectivity index (χ3n) is 2.83. The first-order chi connectivity index (χ1) is 9.10. The topological polar surface area (TPSA) is 39.9 Å². The highest BCUT2D eigenvalue weighted by Crippen LogP contribution is 2.19. The highest BCUT2D eigenvalue weighted by molar-refractivity contribution is 6.30. The van der Waals surface area contributed by atoms with E-state index in [4.69, 9.17) is 16.9 Å². The van der Waals surface area contributed by atoms with Crippen molar-refractivity contribution in [3.63, 3.8) is 0 Å². The van der Waals surface area contributed by atoms with Gasteiger partial charge in [0.05, 0.1) is 5.56 Å². The van der Waals surface area contributed by atoms with Crippen LogP contribution in [-0.4, -0.2) is 12.0 Å². The van der Waals surface area contributed by atoms with Crippen LogP contribution in [0.1, 0.15) is 16.8 Å². The second-order valence-electron chi connectivity index (χ2n) is 4.42. The number of rotatable bonds is 3. The van der Waals surface area contributed by atoms with Gasteiger partial charge in [-0.15, -0.1) is 0 Å². The van der Waals surface area contributed by atoms with Crippen molar-refractivity contribution in [1.29, 1.82) is 5.26 Å². The summed E-state index contributed by atoms with van der Waals surface area (Å²) >= 11 is 5.86. The first-order valence-corrected chi connectivity index (χ1v) is 6.31. The molecule has 0 saturated carbocycles. The fraction of sp³-hybridized carbons (Fsp3) is 0.200. The fourth-order valence-corrected chi connectivity index (χ4v) is 1.99. The molecule has 0 spiro atoms. The van der Waals surface area contributed by atoms with Gasteiger partial charge in [-0.1, -0.05) is 23.7 Å². The summed E-state index contributed by atoms with van der Waals surface area (Å²) in [6.45, 7) is 2.60. The molecule has 0 unspecified atom stereocenters. The second-order valence-corrected chi connectivity index (χ2v) is 4.85. The molecule has 0 fully saturated rings. The number of benzene rings is 1. The van der Waals surface area contributed by atoms with E-state index in [1.165, 1.54) is 0 Å². The zero-order valence-electron chi connectivity index (χ0n) is 10.9. The molecule has 1 heterocycles. The Morgan fingerprint density at radius 3 is 2.53 bits per heavy atom. The van der Waals surface area contributed by atoms with Gasteiger partial charge in [-0.2, -0.15) is 5.26 Å². The van der Waals surface area contributed by atoms with Crippen LogP contribution in [0, 0.1) is 18.3 Å². The zero-order valence-corrected chi connectivity index (χ0v) is 11.6. The number of nitriles is 1. The van der Waals surface area contributed by atoms with Crippen LogP contribution in [0.3, 0.4) is 0 Å². The summed E-state index contributed by atoms with van der Waals surface area (Å²) in [5.41, 5.74) is 2.61. The standard InChI is InChI=1S/C15H14ClN3/c1-11-3-6-13(9-17)15(18-11)19(2)10-12-4-7-14(16)8-5-12/h3-8H,10H2,1-2H3. The van der Waals surface area contributed by atoms with E-state index in [9.17, 15) is 0 Å². The molecule has 2 rings (SSSR count). The summed E-state index contributed by atoms with van der Waals surface area (Å²) in [6, 6.07) is 13.5. The van der Waals surface area contributed by atoms with Gasteiger partial charge in [0.1, 0.15) is 11.9 Å². The molecule has 19 heavy (non-hydrogen) atoms.